The molecule has 7 heteroatoms. The van der Waals surface area contributed by atoms with Gasteiger partial charge in [-0.05, 0) is 24.1 Å². The van der Waals surface area contributed by atoms with E-state index in [1.807, 2.05) is 13.0 Å². The Balaban J connectivity index is 2.23. The molecule has 3 aromatic rings. The number of hydrogen-bond acceptors (Lipinski definition) is 5. The number of aryl methyl sites for hydroxylation is 1. The van der Waals surface area contributed by atoms with Crippen molar-refractivity contribution in [2.24, 2.45) is 5.73 Å². The number of thiazole rings is 1. The first-order valence-corrected chi connectivity index (χ1v) is 7.81. The van der Waals surface area contributed by atoms with Crippen LogP contribution in [0.15, 0.2) is 36.2 Å². The zero-order valence-corrected chi connectivity index (χ0v) is 13.1. The van der Waals surface area contributed by atoms with Crippen LogP contribution in [0.5, 0.6) is 0 Å². The van der Waals surface area contributed by atoms with Crippen molar-refractivity contribution in [1.82, 2.24) is 15.0 Å². The van der Waals surface area contributed by atoms with E-state index in [2.05, 4.69) is 15.0 Å². The SMILES string of the molecule is CCc1cc(-c2ncc(F)cn2)cc(C(N)=O)c1-c1cncs1. The summed E-state index contributed by atoms with van der Waals surface area (Å²) in [5.41, 5.74) is 10.0. The molecule has 2 N–H and O–H groups in total. The van der Waals surface area contributed by atoms with Crippen LogP contribution in [-0.2, 0) is 6.42 Å². The maximum Gasteiger partial charge on any atom is 0.249 e. The molecule has 1 amide bonds. The number of nitrogens with two attached hydrogens (primary N) is 1. The second kappa shape index (κ2) is 6.21. The van der Waals surface area contributed by atoms with Crippen LogP contribution in [-0.4, -0.2) is 20.9 Å². The van der Waals surface area contributed by atoms with E-state index in [0.29, 0.717) is 23.4 Å². The number of primary amides is 1. The first-order valence-electron chi connectivity index (χ1n) is 6.93. The molecule has 2 aromatic heterocycles. The molecule has 2 heterocycles. The summed E-state index contributed by atoms with van der Waals surface area (Å²) in [5.74, 6) is -0.701. The predicted octanol–water partition coefficient (Wildman–Crippen LogP) is 3.07. The van der Waals surface area contributed by atoms with Crippen molar-refractivity contribution < 1.29 is 9.18 Å². The number of benzene rings is 1. The highest BCUT2D eigenvalue weighted by molar-refractivity contribution is 7.13. The molecule has 0 aliphatic heterocycles. The number of carbonyl (C=O) groups is 1. The van der Waals surface area contributed by atoms with E-state index in [9.17, 15) is 9.18 Å². The largest absolute Gasteiger partial charge is 0.366 e. The second-order valence-corrected chi connectivity index (χ2v) is 5.75. The Bertz CT molecular complexity index is 847. The van der Waals surface area contributed by atoms with E-state index in [0.717, 1.165) is 28.4 Å². The van der Waals surface area contributed by atoms with Gasteiger partial charge in [-0.3, -0.25) is 9.78 Å². The summed E-state index contributed by atoms with van der Waals surface area (Å²) in [6.07, 6.45) is 4.59. The zero-order valence-electron chi connectivity index (χ0n) is 12.3. The molecule has 0 aliphatic carbocycles. The van der Waals surface area contributed by atoms with E-state index < -0.39 is 11.7 Å². The van der Waals surface area contributed by atoms with Gasteiger partial charge in [-0.2, -0.15) is 0 Å². The number of carbonyl (C=O) groups excluding carboxylic acids is 1. The Morgan fingerprint density at radius 3 is 2.57 bits per heavy atom. The summed E-state index contributed by atoms with van der Waals surface area (Å²) in [5, 5.41) is 0. The molecule has 0 saturated carbocycles. The number of halogens is 1. The lowest BCUT2D eigenvalue weighted by Gasteiger charge is -2.13. The minimum Gasteiger partial charge on any atom is -0.366 e. The van der Waals surface area contributed by atoms with Gasteiger partial charge in [0.15, 0.2) is 11.6 Å². The minimum atomic E-state index is -0.535. The van der Waals surface area contributed by atoms with Crippen molar-refractivity contribution in [2.45, 2.75) is 13.3 Å². The van der Waals surface area contributed by atoms with Gasteiger partial charge in [-0.1, -0.05) is 6.92 Å². The van der Waals surface area contributed by atoms with E-state index in [-0.39, 0.29) is 0 Å². The lowest BCUT2D eigenvalue weighted by molar-refractivity contribution is 0.100. The van der Waals surface area contributed by atoms with Gasteiger partial charge in [0.1, 0.15) is 0 Å². The van der Waals surface area contributed by atoms with Gasteiger partial charge in [-0.25, -0.2) is 14.4 Å². The third-order valence-electron chi connectivity index (χ3n) is 3.42. The summed E-state index contributed by atoms with van der Waals surface area (Å²) in [7, 11) is 0. The van der Waals surface area contributed by atoms with E-state index in [4.69, 9.17) is 5.73 Å². The zero-order chi connectivity index (χ0) is 16.4. The molecule has 116 valence electrons. The molecular weight excluding hydrogens is 315 g/mol. The molecule has 0 radical (unpaired) electrons. The third kappa shape index (κ3) is 2.95. The monoisotopic (exact) mass is 328 g/mol. The molecule has 0 aliphatic rings. The molecule has 0 unspecified atom stereocenters. The maximum atomic E-state index is 13.0. The highest BCUT2D eigenvalue weighted by Gasteiger charge is 2.18. The minimum absolute atomic E-state index is 0.347. The van der Waals surface area contributed by atoms with Crippen molar-refractivity contribution in [2.75, 3.05) is 0 Å². The molecular formula is C16H13FN4OS. The molecule has 23 heavy (non-hydrogen) atoms. The first-order chi connectivity index (χ1) is 11.1. The maximum absolute atomic E-state index is 13.0. The number of amides is 1. The van der Waals surface area contributed by atoms with Crippen LogP contribution in [0.3, 0.4) is 0 Å². The normalized spacial score (nSPS) is 10.7. The van der Waals surface area contributed by atoms with Crippen LogP contribution in [0.1, 0.15) is 22.8 Å². The lowest BCUT2D eigenvalue weighted by Crippen LogP contribution is -2.14. The number of hydrogen-bond donors (Lipinski definition) is 1. The van der Waals surface area contributed by atoms with Gasteiger partial charge in [-0.15, -0.1) is 11.3 Å². The predicted molar refractivity (Wildman–Crippen MR) is 86.4 cm³/mol. The van der Waals surface area contributed by atoms with Crippen LogP contribution in [0.2, 0.25) is 0 Å². The van der Waals surface area contributed by atoms with Crippen LogP contribution in [0, 0.1) is 5.82 Å². The van der Waals surface area contributed by atoms with Crippen LogP contribution >= 0.6 is 11.3 Å². The number of rotatable bonds is 4. The van der Waals surface area contributed by atoms with Crippen molar-refractivity contribution in [3.63, 3.8) is 0 Å². The molecule has 0 fully saturated rings. The van der Waals surface area contributed by atoms with Crippen molar-refractivity contribution in [1.29, 1.82) is 0 Å². The average molecular weight is 328 g/mol. The standard InChI is InChI=1S/C16H13FN4OS/c1-2-9-3-10(16-20-5-11(17)6-21-16)4-12(15(18)22)14(9)13-7-19-8-23-13/h3-8H,2H2,1H3,(H2,18,22). The highest BCUT2D eigenvalue weighted by atomic mass is 32.1. The van der Waals surface area contributed by atoms with Crippen LogP contribution in [0.25, 0.3) is 21.8 Å². The second-order valence-electron chi connectivity index (χ2n) is 4.87. The number of nitrogens with zero attached hydrogens (tertiary/aromatic N) is 3. The fraction of sp³-hybridized carbons (Fsp3) is 0.125. The Labute approximate surface area is 136 Å². The fourth-order valence-corrected chi connectivity index (χ4v) is 3.11. The molecule has 1 aromatic carbocycles. The number of aromatic nitrogens is 3. The summed E-state index contributed by atoms with van der Waals surface area (Å²) in [6.45, 7) is 1.99. The van der Waals surface area contributed by atoms with E-state index >= 15 is 0 Å². The van der Waals surface area contributed by atoms with Gasteiger partial charge in [0.2, 0.25) is 5.91 Å². The van der Waals surface area contributed by atoms with Gasteiger partial charge < -0.3 is 5.73 Å². The first kappa shape index (κ1) is 15.2. The Kier molecular flexibility index (Phi) is 4.12. The fourth-order valence-electron chi connectivity index (χ4n) is 2.40. The van der Waals surface area contributed by atoms with Crippen molar-refractivity contribution in [3.05, 3.63) is 53.2 Å². The third-order valence-corrected chi connectivity index (χ3v) is 4.21. The van der Waals surface area contributed by atoms with Gasteiger partial charge in [0.05, 0.1) is 22.8 Å². The van der Waals surface area contributed by atoms with Gasteiger partial charge in [0.25, 0.3) is 0 Å². The van der Waals surface area contributed by atoms with Crippen molar-refractivity contribution >= 4 is 17.2 Å². The summed E-state index contributed by atoms with van der Waals surface area (Å²) in [4.78, 5) is 24.8. The van der Waals surface area contributed by atoms with Crippen LogP contribution in [0.4, 0.5) is 4.39 Å². The molecule has 5 nitrogen and oxygen atoms in total. The quantitative estimate of drug-likeness (QED) is 0.798. The van der Waals surface area contributed by atoms with E-state index in [1.54, 1.807) is 17.8 Å². The molecule has 0 atom stereocenters. The van der Waals surface area contributed by atoms with Crippen LogP contribution < -0.4 is 5.73 Å². The molecule has 0 saturated heterocycles. The van der Waals surface area contributed by atoms with Crippen molar-refractivity contribution in [3.8, 4) is 21.8 Å². The average Bonchev–Trinajstić information content (AvgIpc) is 3.08. The highest BCUT2D eigenvalue weighted by Crippen LogP contribution is 2.34. The topological polar surface area (TPSA) is 81.8 Å². The Hall–Kier alpha value is -2.67. The van der Waals surface area contributed by atoms with E-state index in [1.165, 1.54) is 11.3 Å². The molecule has 3 rings (SSSR count). The smallest absolute Gasteiger partial charge is 0.249 e. The van der Waals surface area contributed by atoms with Gasteiger partial charge in [0, 0.05) is 22.9 Å². The Morgan fingerprint density at radius 2 is 2.00 bits per heavy atom. The van der Waals surface area contributed by atoms with Gasteiger partial charge >= 0.3 is 0 Å². The molecule has 0 spiro atoms. The Morgan fingerprint density at radius 1 is 1.26 bits per heavy atom. The molecule has 0 bridgehead atoms. The lowest BCUT2D eigenvalue weighted by atomic mass is 9.94. The summed E-state index contributed by atoms with van der Waals surface area (Å²) in [6, 6.07) is 3.54. The summed E-state index contributed by atoms with van der Waals surface area (Å²) < 4.78 is 13.0. The summed E-state index contributed by atoms with van der Waals surface area (Å²) >= 11 is 1.44.